The minimum Gasteiger partial charge on any atom is -0.234 e. The van der Waals surface area contributed by atoms with E-state index in [-0.39, 0.29) is 5.65 Å². The molecule has 0 spiro atoms. The van der Waals surface area contributed by atoms with Crippen LogP contribution in [0.25, 0.3) is 16.9 Å². The number of nitrogens with zero attached hydrogens (tertiary/aromatic N) is 3. The zero-order valence-corrected chi connectivity index (χ0v) is 10.5. The van der Waals surface area contributed by atoms with E-state index < -0.39 is 11.9 Å². The van der Waals surface area contributed by atoms with Gasteiger partial charge in [-0.15, -0.1) is 0 Å². The minimum absolute atomic E-state index is 0.191. The third-order valence-corrected chi connectivity index (χ3v) is 2.92. The van der Waals surface area contributed by atoms with Crippen LogP contribution in [0.3, 0.4) is 0 Å². The van der Waals surface area contributed by atoms with Gasteiger partial charge in [0.1, 0.15) is 5.69 Å². The summed E-state index contributed by atoms with van der Waals surface area (Å²) in [6.07, 6.45) is -4.47. The molecule has 3 aromatic rings. The average Bonchev–Trinajstić information content (AvgIpc) is 2.81. The highest BCUT2D eigenvalue weighted by Crippen LogP contribution is 2.30. The molecule has 6 heteroatoms. The quantitative estimate of drug-likeness (QED) is 0.678. The van der Waals surface area contributed by atoms with Crippen LogP contribution in [0.2, 0.25) is 0 Å². The smallest absolute Gasteiger partial charge is 0.234 e. The molecule has 0 unspecified atom stereocenters. The SMILES string of the molecule is Cc1cc(C(F)(F)F)n2nc(-c3ccccc3)cc2n1. The Kier molecular flexibility index (Phi) is 2.74. The lowest BCUT2D eigenvalue weighted by atomic mass is 10.2. The summed E-state index contributed by atoms with van der Waals surface area (Å²) in [5.74, 6) is 0. The molecule has 20 heavy (non-hydrogen) atoms. The first-order chi connectivity index (χ1) is 9.45. The number of fused-ring (bicyclic) bond motifs is 1. The third kappa shape index (κ3) is 2.13. The number of halogens is 3. The Bertz CT molecular complexity index is 760. The van der Waals surface area contributed by atoms with E-state index in [0.717, 1.165) is 16.1 Å². The summed E-state index contributed by atoms with van der Waals surface area (Å²) in [6.45, 7) is 1.53. The molecule has 2 heterocycles. The van der Waals surface area contributed by atoms with E-state index in [9.17, 15) is 13.2 Å². The van der Waals surface area contributed by atoms with Crippen LogP contribution in [-0.4, -0.2) is 14.6 Å². The van der Waals surface area contributed by atoms with E-state index in [2.05, 4.69) is 10.1 Å². The van der Waals surface area contributed by atoms with E-state index in [4.69, 9.17) is 0 Å². The molecule has 0 radical (unpaired) electrons. The summed E-state index contributed by atoms with van der Waals surface area (Å²) in [6, 6.07) is 11.6. The van der Waals surface area contributed by atoms with Crippen LogP contribution in [-0.2, 0) is 6.18 Å². The fraction of sp³-hybridized carbons (Fsp3) is 0.143. The molecule has 0 fully saturated rings. The van der Waals surface area contributed by atoms with E-state index in [1.807, 2.05) is 18.2 Å². The second kappa shape index (κ2) is 4.33. The van der Waals surface area contributed by atoms with Crippen molar-refractivity contribution >= 4 is 5.65 Å². The molecular formula is C14H10F3N3. The minimum atomic E-state index is -4.47. The fourth-order valence-electron chi connectivity index (χ4n) is 2.05. The van der Waals surface area contributed by atoms with Gasteiger partial charge in [0.15, 0.2) is 5.65 Å². The van der Waals surface area contributed by atoms with Crippen molar-refractivity contribution in [2.24, 2.45) is 0 Å². The van der Waals surface area contributed by atoms with Crippen molar-refractivity contribution in [3.05, 3.63) is 53.9 Å². The van der Waals surface area contributed by atoms with Gasteiger partial charge in [-0.05, 0) is 13.0 Å². The molecule has 0 N–H and O–H groups in total. The highest BCUT2D eigenvalue weighted by molar-refractivity contribution is 5.64. The van der Waals surface area contributed by atoms with E-state index >= 15 is 0 Å². The molecule has 0 amide bonds. The van der Waals surface area contributed by atoms with E-state index in [0.29, 0.717) is 11.4 Å². The standard InChI is InChI=1S/C14H10F3N3/c1-9-7-12(14(15,16)17)20-13(18-9)8-11(19-20)10-5-3-2-4-6-10/h2-8H,1H3. The topological polar surface area (TPSA) is 30.2 Å². The molecule has 1 aromatic carbocycles. The maximum Gasteiger partial charge on any atom is 0.433 e. The summed E-state index contributed by atoms with van der Waals surface area (Å²) in [4.78, 5) is 4.10. The Morgan fingerprint density at radius 1 is 1.05 bits per heavy atom. The molecule has 0 saturated carbocycles. The predicted octanol–water partition coefficient (Wildman–Crippen LogP) is 3.72. The highest BCUT2D eigenvalue weighted by Gasteiger charge is 2.34. The van der Waals surface area contributed by atoms with Crippen LogP contribution in [0.5, 0.6) is 0 Å². The van der Waals surface area contributed by atoms with Crippen LogP contribution < -0.4 is 0 Å². The molecule has 102 valence electrons. The zero-order chi connectivity index (χ0) is 14.3. The van der Waals surface area contributed by atoms with Crippen molar-refractivity contribution in [2.75, 3.05) is 0 Å². The maximum absolute atomic E-state index is 13.0. The van der Waals surface area contributed by atoms with Gasteiger partial charge >= 0.3 is 6.18 Å². The maximum atomic E-state index is 13.0. The van der Waals surface area contributed by atoms with Crippen molar-refractivity contribution < 1.29 is 13.2 Å². The molecule has 0 bridgehead atoms. The number of hydrogen-bond donors (Lipinski definition) is 0. The largest absolute Gasteiger partial charge is 0.433 e. The van der Waals surface area contributed by atoms with Crippen LogP contribution in [0, 0.1) is 6.92 Å². The lowest BCUT2D eigenvalue weighted by Gasteiger charge is -2.09. The van der Waals surface area contributed by atoms with Crippen molar-refractivity contribution in [2.45, 2.75) is 13.1 Å². The summed E-state index contributed by atoms with van der Waals surface area (Å²) in [5.41, 5.74) is 0.903. The Morgan fingerprint density at radius 3 is 2.40 bits per heavy atom. The average molecular weight is 277 g/mol. The first-order valence-electron chi connectivity index (χ1n) is 5.95. The van der Waals surface area contributed by atoms with Gasteiger partial charge in [-0.1, -0.05) is 30.3 Å². The van der Waals surface area contributed by atoms with Crippen molar-refractivity contribution in [1.82, 2.24) is 14.6 Å². The Hall–Kier alpha value is -2.37. The number of hydrogen-bond acceptors (Lipinski definition) is 2. The molecule has 2 aromatic heterocycles. The molecule has 0 saturated heterocycles. The van der Waals surface area contributed by atoms with Crippen molar-refractivity contribution in [3.8, 4) is 11.3 Å². The molecule has 0 aliphatic carbocycles. The fourth-order valence-corrected chi connectivity index (χ4v) is 2.05. The van der Waals surface area contributed by atoms with Gasteiger partial charge in [0.2, 0.25) is 0 Å². The summed E-state index contributed by atoms with van der Waals surface area (Å²) in [5, 5.41) is 4.02. The first-order valence-corrected chi connectivity index (χ1v) is 5.95. The monoisotopic (exact) mass is 277 g/mol. The predicted molar refractivity (Wildman–Crippen MR) is 68.2 cm³/mol. The molecule has 0 aliphatic rings. The lowest BCUT2D eigenvalue weighted by Crippen LogP contribution is -2.13. The number of alkyl halides is 3. The van der Waals surface area contributed by atoms with Crippen LogP contribution in [0.4, 0.5) is 13.2 Å². The first kappa shape index (κ1) is 12.7. The number of benzene rings is 1. The van der Waals surface area contributed by atoms with Gasteiger partial charge in [-0.25, -0.2) is 9.50 Å². The van der Waals surface area contributed by atoms with E-state index in [1.165, 1.54) is 6.92 Å². The Balaban J connectivity index is 2.26. The highest BCUT2D eigenvalue weighted by atomic mass is 19.4. The van der Waals surface area contributed by atoms with Gasteiger partial charge in [0, 0.05) is 17.3 Å². The van der Waals surface area contributed by atoms with Crippen molar-refractivity contribution in [1.29, 1.82) is 0 Å². The van der Waals surface area contributed by atoms with Gasteiger partial charge < -0.3 is 0 Å². The summed E-state index contributed by atoms with van der Waals surface area (Å²) < 4.78 is 39.9. The Morgan fingerprint density at radius 2 is 1.75 bits per heavy atom. The number of aromatic nitrogens is 3. The summed E-state index contributed by atoms with van der Waals surface area (Å²) >= 11 is 0. The normalized spacial score (nSPS) is 12.0. The molecule has 0 aliphatic heterocycles. The van der Waals surface area contributed by atoms with Crippen LogP contribution in [0.1, 0.15) is 11.4 Å². The molecule has 3 rings (SSSR count). The van der Waals surface area contributed by atoms with Crippen molar-refractivity contribution in [3.63, 3.8) is 0 Å². The van der Waals surface area contributed by atoms with Crippen LogP contribution in [0.15, 0.2) is 42.5 Å². The Labute approximate surface area is 112 Å². The van der Waals surface area contributed by atoms with Crippen LogP contribution >= 0.6 is 0 Å². The lowest BCUT2D eigenvalue weighted by molar-refractivity contribution is -0.142. The molecule has 3 nitrogen and oxygen atoms in total. The van der Waals surface area contributed by atoms with Gasteiger partial charge in [0.05, 0.1) is 5.69 Å². The number of aryl methyl sites for hydroxylation is 1. The second-order valence-electron chi connectivity index (χ2n) is 4.45. The summed E-state index contributed by atoms with van der Waals surface area (Å²) in [7, 11) is 0. The number of rotatable bonds is 1. The second-order valence-corrected chi connectivity index (χ2v) is 4.45. The van der Waals surface area contributed by atoms with Gasteiger partial charge in [-0.3, -0.25) is 0 Å². The zero-order valence-electron chi connectivity index (χ0n) is 10.5. The van der Waals surface area contributed by atoms with E-state index in [1.54, 1.807) is 18.2 Å². The third-order valence-electron chi connectivity index (χ3n) is 2.92. The van der Waals surface area contributed by atoms with Gasteiger partial charge in [-0.2, -0.15) is 18.3 Å². The molecular weight excluding hydrogens is 267 g/mol. The van der Waals surface area contributed by atoms with Gasteiger partial charge in [0.25, 0.3) is 0 Å². The molecule has 0 atom stereocenters.